The van der Waals surface area contributed by atoms with Crippen LogP contribution in [0.5, 0.6) is 0 Å². The van der Waals surface area contributed by atoms with Gasteiger partial charge in [-0.2, -0.15) is 0 Å². The number of rotatable bonds is 2. The Balaban J connectivity index is 1.92. The van der Waals surface area contributed by atoms with E-state index in [4.69, 9.17) is 5.73 Å². The third-order valence-electron chi connectivity index (χ3n) is 2.90. The third-order valence-corrected chi connectivity index (χ3v) is 2.90. The summed E-state index contributed by atoms with van der Waals surface area (Å²) in [4.78, 5) is 0. The van der Waals surface area contributed by atoms with Gasteiger partial charge in [0.25, 0.3) is 0 Å². The average Bonchev–Trinajstić information content (AvgIpc) is 2.23. The first-order valence-electron chi connectivity index (χ1n) is 5.40. The summed E-state index contributed by atoms with van der Waals surface area (Å²) in [5, 5.41) is 3.44. The fourth-order valence-electron chi connectivity index (χ4n) is 2.09. The molecule has 0 saturated carbocycles. The molecule has 2 heteroatoms. The van der Waals surface area contributed by atoms with Crippen molar-refractivity contribution in [3.8, 4) is 0 Å². The summed E-state index contributed by atoms with van der Waals surface area (Å²) in [6, 6.07) is 8.27. The number of hydrogen-bond donors (Lipinski definition) is 2. The molecule has 0 aliphatic carbocycles. The van der Waals surface area contributed by atoms with Crippen molar-refractivity contribution in [2.75, 3.05) is 18.8 Å². The van der Waals surface area contributed by atoms with Gasteiger partial charge in [-0.15, -0.1) is 0 Å². The zero-order valence-corrected chi connectivity index (χ0v) is 8.50. The Bertz CT molecular complexity index is 273. The Hall–Kier alpha value is -1.02. The van der Waals surface area contributed by atoms with Crippen LogP contribution < -0.4 is 11.1 Å². The van der Waals surface area contributed by atoms with Crippen LogP contribution in [0.25, 0.3) is 0 Å². The average molecular weight is 190 g/mol. The second kappa shape index (κ2) is 4.47. The number of hydrogen-bond acceptors (Lipinski definition) is 2. The van der Waals surface area contributed by atoms with Crippen molar-refractivity contribution in [3.63, 3.8) is 0 Å². The van der Waals surface area contributed by atoms with Crippen LogP contribution in [0.4, 0.5) is 5.69 Å². The normalized spacial score (nSPS) is 22.1. The maximum Gasteiger partial charge on any atom is 0.0314 e. The molecule has 1 saturated heterocycles. The van der Waals surface area contributed by atoms with Crippen LogP contribution in [-0.4, -0.2) is 13.1 Å². The maximum atomic E-state index is 5.65. The summed E-state index contributed by atoms with van der Waals surface area (Å²) in [5.74, 6) is 0.812. The SMILES string of the molecule is Nc1ccc(CC2CCCNC2)cc1. The Morgan fingerprint density at radius 1 is 1.29 bits per heavy atom. The predicted molar refractivity (Wildman–Crippen MR) is 60.2 cm³/mol. The molecule has 1 atom stereocenters. The van der Waals surface area contributed by atoms with Gasteiger partial charge in [0.05, 0.1) is 0 Å². The van der Waals surface area contributed by atoms with Crippen molar-refractivity contribution in [2.24, 2.45) is 5.92 Å². The van der Waals surface area contributed by atoms with Crippen LogP contribution in [0.3, 0.4) is 0 Å². The van der Waals surface area contributed by atoms with Crippen LogP contribution >= 0.6 is 0 Å². The first-order chi connectivity index (χ1) is 6.84. The Kier molecular flexibility index (Phi) is 3.04. The molecular weight excluding hydrogens is 172 g/mol. The first kappa shape index (κ1) is 9.53. The van der Waals surface area contributed by atoms with Gasteiger partial charge in [0.15, 0.2) is 0 Å². The molecule has 2 rings (SSSR count). The second-order valence-corrected chi connectivity index (χ2v) is 4.16. The zero-order valence-electron chi connectivity index (χ0n) is 8.50. The molecule has 1 aliphatic rings. The van der Waals surface area contributed by atoms with Crippen LogP contribution in [0, 0.1) is 5.92 Å². The smallest absolute Gasteiger partial charge is 0.0314 e. The summed E-state index contributed by atoms with van der Waals surface area (Å²) in [7, 11) is 0. The van der Waals surface area contributed by atoms with Crippen molar-refractivity contribution in [2.45, 2.75) is 19.3 Å². The van der Waals surface area contributed by atoms with Gasteiger partial charge in [-0.05, 0) is 56.0 Å². The van der Waals surface area contributed by atoms with E-state index in [1.165, 1.54) is 37.9 Å². The molecule has 0 bridgehead atoms. The van der Waals surface area contributed by atoms with Gasteiger partial charge < -0.3 is 11.1 Å². The van der Waals surface area contributed by atoms with Gasteiger partial charge in [-0.3, -0.25) is 0 Å². The van der Waals surface area contributed by atoms with Crippen molar-refractivity contribution >= 4 is 5.69 Å². The van der Waals surface area contributed by atoms with Crippen LogP contribution in [-0.2, 0) is 6.42 Å². The van der Waals surface area contributed by atoms with Gasteiger partial charge in [-0.25, -0.2) is 0 Å². The lowest BCUT2D eigenvalue weighted by Crippen LogP contribution is -2.30. The molecule has 1 aromatic rings. The van der Waals surface area contributed by atoms with Crippen molar-refractivity contribution in [3.05, 3.63) is 29.8 Å². The number of nitrogen functional groups attached to an aromatic ring is 1. The fraction of sp³-hybridized carbons (Fsp3) is 0.500. The van der Waals surface area contributed by atoms with Crippen LogP contribution in [0.2, 0.25) is 0 Å². The number of anilines is 1. The second-order valence-electron chi connectivity index (χ2n) is 4.16. The lowest BCUT2D eigenvalue weighted by atomic mass is 9.92. The quantitative estimate of drug-likeness (QED) is 0.698. The highest BCUT2D eigenvalue weighted by Gasteiger charge is 2.12. The Morgan fingerprint density at radius 2 is 2.07 bits per heavy atom. The van der Waals surface area contributed by atoms with Gasteiger partial charge in [0.1, 0.15) is 0 Å². The number of nitrogens with two attached hydrogens (primary N) is 1. The topological polar surface area (TPSA) is 38.0 Å². The molecule has 1 unspecified atom stereocenters. The van der Waals surface area contributed by atoms with Crippen molar-refractivity contribution in [1.82, 2.24) is 5.32 Å². The summed E-state index contributed by atoms with van der Waals surface area (Å²) in [6.45, 7) is 2.36. The van der Waals surface area contributed by atoms with E-state index in [1.807, 2.05) is 12.1 Å². The monoisotopic (exact) mass is 190 g/mol. The molecule has 1 fully saturated rings. The van der Waals surface area contributed by atoms with Crippen molar-refractivity contribution < 1.29 is 0 Å². The first-order valence-corrected chi connectivity index (χ1v) is 5.40. The lowest BCUT2D eigenvalue weighted by molar-refractivity contribution is 0.376. The van der Waals surface area contributed by atoms with Crippen LogP contribution in [0.1, 0.15) is 18.4 Å². The van der Waals surface area contributed by atoms with E-state index < -0.39 is 0 Å². The van der Waals surface area contributed by atoms with E-state index in [9.17, 15) is 0 Å². The standard InChI is InChI=1S/C12H18N2/c13-12-5-3-10(4-6-12)8-11-2-1-7-14-9-11/h3-6,11,14H,1-2,7-9,13H2. The third kappa shape index (κ3) is 2.48. The molecule has 1 aromatic carbocycles. The molecule has 1 aliphatic heterocycles. The van der Waals surface area contributed by atoms with E-state index in [0.29, 0.717) is 0 Å². The molecule has 2 nitrogen and oxygen atoms in total. The number of piperidine rings is 1. The summed E-state index contributed by atoms with van der Waals surface area (Å²) < 4.78 is 0. The van der Waals surface area contributed by atoms with Gasteiger partial charge >= 0.3 is 0 Å². The predicted octanol–water partition coefficient (Wildman–Crippen LogP) is 1.81. The number of benzene rings is 1. The van der Waals surface area contributed by atoms with Gasteiger partial charge in [0.2, 0.25) is 0 Å². The van der Waals surface area contributed by atoms with E-state index in [0.717, 1.165) is 11.6 Å². The van der Waals surface area contributed by atoms with E-state index in [-0.39, 0.29) is 0 Å². The molecule has 0 aromatic heterocycles. The molecule has 76 valence electrons. The summed E-state index contributed by atoms with van der Waals surface area (Å²) >= 11 is 0. The largest absolute Gasteiger partial charge is 0.399 e. The zero-order chi connectivity index (χ0) is 9.80. The minimum atomic E-state index is 0.812. The van der Waals surface area contributed by atoms with E-state index >= 15 is 0 Å². The minimum absolute atomic E-state index is 0.812. The molecule has 0 amide bonds. The highest BCUT2D eigenvalue weighted by molar-refractivity contribution is 5.39. The molecule has 14 heavy (non-hydrogen) atoms. The molecular formula is C12H18N2. The molecule has 0 spiro atoms. The van der Waals surface area contributed by atoms with Crippen LogP contribution in [0.15, 0.2) is 24.3 Å². The van der Waals surface area contributed by atoms with E-state index in [2.05, 4.69) is 17.4 Å². The summed E-state index contributed by atoms with van der Waals surface area (Å²) in [5.41, 5.74) is 7.91. The van der Waals surface area contributed by atoms with Gasteiger partial charge in [0, 0.05) is 5.69 Å². The highest BCUT2D eigenvalue weighted by atomic mass is 14.9. The lowest BCUT2D eigenvalue weighted by Gasteiger charge is -2.22. The molecule has 3 N–H and O–H groups in total. The number of nitrogens with one attached hydrogen (secondary N) is 1. The highest BCUT2D eigenvalue weighted by Crippen LogP contribution is 2.17. The summed E-state index contributed by atoms with van der Waals surface area (Å²) in [6.07, 6.45) is 3.87. The maximum absolute atomic E-state index is 5.65. The van der Waals surface area contributed by atoms with Gasteiger partial charge in [-0.1, -0.05) is 12.1 Å². The van der Waals surface area contributed by atoms with E-state index in [1.54, 1.807) is 0 Å². The fourth-order valence-corrected chi connectivity index (χ4v) is 2.09. The minimum Gasteiger partial charge on any atom is -0.399 e. The molecule has 0 radical (unpaired) electrons. The molecule has 1 heterocycles. The Morgan fingerprint density at radius 3 is 2.71 bits per heavy atom. The Labute approximate surface area is 85.5 Å². The van der Waals surface area contributed by atoms with Crippen molar-refractivity contribution in [1.29, 1.82) is 0 Å².